The molecule has 0 saturated heterocycles. The Morgan fingerprint density at radius 2 is 1.43 bits per heavy atom. The molecule has 6 rings (SSSR count). The van der Waals surface area contributed by atoms with Gasteiger partial charge in [-0.25, -0.2) is 0 Å². The van der Waals surface area contributed by atoms with Gasteiger partial charge in [-0.1, -0.05) is 85.3 Å². The van der Waals surface area contributed by atoms with Crippen LogP contribution in [-0.2, 0) is 26.5 Å². The Bertz CT molecular complexity index is 1800. The van der Waals surface area contributed by atoms with Crippen molar-refractivity contribution in [2.75, 3.05) is 0 Å². The standard InChI is InChI=1S/C36H31N3.Pt/c1-24-9-6-10-25(2)34(24)39-20-19-38-35(39)29-16-15-26-11-8-14-31(32(26)22-29)27-12-7-13-28(21-27)33-23-30(17-18-37-33)36(3,4)5;/h6-20,23H,1-5H3;/q-2;+2. The van der Waals surface area contributed by atoms with Crippen LogP contribution in [0, 0.1) is 26.0 Å². The average molecular weight is 701 g/mol. The summed E-state index contributed by atoms with van der Waals surface area (Å²) in [5, 5.41) is 2.18. The van der Waals surface area contributed by atoms with Crippen LogP contribution in [0.5, 0.6) is 0 Å². The van der Waals surface area contributed by atoms with Crippen molar-refractivity contribution < 1.29 is 21.1 Å². The Labute approximate surface area is 251 Å². The van der Waals surface area contributed by atoms with Gasteiger partial charge < -0.3 is 4.57 Å². The summed E-state index contributed by atoms with van der Waals surface area (Å²) in [5.41, 5.74) is 9.89. The van der Waals surface area contributed by atoms with Crippen LogP contribution < -0.4 is 0 Å². The van der Waals surface area contributed by atoms with E-state index in [1.165, 1.54) is 16.7 Å². The third-order valence-electron chi connectivity index (χ3n) is 7.34. The van der Waals surface area contributed by atoms with Crippen molar-refractivity contribution in [3.8, 4) is 39.5 Å². The maximum Gasteiger partial charge on any atom is 2.00 e. The number of benzene rings is 4. The molecule has 3 nitrogen and oxygen atoms in total. The molecule has 200 valence electrons. The zero-order valence-electron chi connectivity index (χ0n) is 23.4. The minimum absolute atomic E-state index is 0. The van der Waals surface area contributed by atoms with E-state index in [9.17, 15) is 0 Å². The van der Waals surface area contributed by atoms with Crippen LogP contribution in [-0.4, -0.2) is 14.5 Å². The molecule has 4 aromatic carbocycles. The minimum atomic E-state index is 0. The van der Waals surface area contributed by atoms with E-state index in [1.807, 2.05) is 18.6 Å². The Kier molecular flexibility index (Phi) is 7.62. The molecule has 0 spiro atoms. The first kappa shape index (κ1) is 27.7. The molecule has 0 amide bonds. The molecule has 4 heteroatoms. The first-order valence-corrected chi connectivity index (χ1v) is 13.3. The number of hydrogen-bond acceptors (Lipinski definition) is 2. The van der Waals surface area contributed by atoms with Crippen molar-refractivity contribution in [2.45, 2.75) is 40.0 Å². The molecule has 2 heterocycles. The molecule has 0 radical (unpaired) electrons. The summed E-state index contributed by atoms with van der Waals surface area (Å²) in [4.78, 5) is 9.42. The molecule has 0 aliphatic rings. The second-order valence-corrected chi connectivity index (χ2v) is 11.2. The molecule has 0 bridgehead atoms. The Morgan fingerprint density at radius 3 is 2.20 bits per heavy atom. The van der Waals surface area contributed by atoms with Gasteiger partial charge in [-0.05, 0) is 42.0 Å². The summed E-state index contributed by atoms with van der Waals surface area (Å²) >= 11 is 0. The van der Waals surface area contributed by atoms with Crippen molar-refractivity contribution >= 4 is 10.8 Å². The van der Waals surface area contributed by atoms with E-state index in [1.54, 1.807) is 0 Å². The van der Waals surface area contributed by atoms with E-state index >= 15 is 0 Å². The smallest absolute Gasteiger partial charge is 0.331 e. The predicted octanol–water partition coefficient (Wildman–Crippen LogP) is 8.93. The maximum absolute atomic E-state index is 4.75. The number of imidazole rings is 1. The second kappa shape index (κ2) is 11.0. The molecule has 0 unspecified atom stereocenters. The van der Waals surface area contributed by atoms with E-state index < -0.39 is 0 Å². The Balaban J connectivity index is 0.00000323. The van der Waals surface area contributed by atoms with Crippen molar-refractivity contribution in [3.63, 3.8) is 0 Å². The molecular weight excluding hydrogens is 669 g/mol. The van der Waals surface area contributed by atoms with E-state index in [4.69, 9.17) is 4.98 Å². The quantitative estimate of drug-likeness (QED) is 0.172. The zero-order chi connectivity index (χ0) is 27.1. The number of aryl methyl sites for hydroxylation is 2. The molecule has 6 aromatic rings. The molecule has 0 fully saturated rings. The molecular formula is C36H31N3Pt. The fraction of sp³-hybridized carbons (Fsp3) is 0.167. The van der Waals surface area contributed by atoms with Crippen LogP contribution in [0.2, 0.25) is 0 Å². The largest absolute Gasteiger partial charge is 2.00 e. The number of nitrogens with zero attached hydrogens (tertiary/aromatic N) is 3. The number of aromatic nitrogens is 3. The maximum atomic E-state index is 4.75. The van der Waals surface area contributed by atoms with Gasteiger partial charge in [-0.2, -0.15) is 0 Å². The van der Waals surface area contributed by atoms with Gasteiger partial charge in [0.2, 0.25) is 0 Å². The number of fused-ring (bicyclic) bond motifs is 1. The monoisotopic (exact) mass is 700 g/mol. The molecule has 0 saturated carbocycles. The van der Waals surface area contributed by atoms with Crippen molar-refractivity contribution in [1.82, 2.24) is 14.5 Å². The van der Waals surface area contributed by atoms with E-state index in [-0.39, 0.29) is 26.5 Å². The number of pyridine rings is 1. The van der Waals surface area contributed by atoms with Gasteiger partial charge in [-0.3, -0.25) is 9.97 Å². The molecule has 0 aliphatic carbocycles. The molecule has 40 heavy (non-hydrogen) atoms. The summed E-state index contributed by atoms with van der Waals surface area (Å²) < 4.78 is 2.17. The van der Waals surface area contributed by atoms with Crippen molar-refractivity contribution in [2.24, 2.45) is 0 Å². The van der Waals surface area contributed by atoms with Gasteiger partial charge in [0.1, 0.15) is 0 Å². The van der Waals surface area contributed by atoms with Gasteiger partial charge in [0, 0.05) is 30.0 Å². The molecule has 0 atom stereocenters. The summed E-state index contributed by atoms with van der Waals surface area (Å²) in [6.45, 7) is 11.0. The van der Waals surface area contributed by atoms with Crippen LogP contribution in [0.25, 0.3) is 50.2 Å². The van der Waals surface area contributed by atoms with E-state index in [0.717, 1.165) is 50.2 Å². The topological polar surface area (TPSA) is 30.7 Å². The normalized spacial score (nSPS) is 11.4. The third kappa shape index (κ3) is 5.19. The van der Waals surface area contributed by atoms with Crippen molar-refractivity contribution in [3.05, 3.63) is 126 Å². The summed E-state index contributed by atoms with van der Waals surface area (Å²) in [5.74, 6) is 0.880. The van der Waals surface area contributed by atoms with E-state index in [2.05, 4.69) is 135 Å². The molecule has 0 aliphatic heterocycles. The van der Waals surface area contributed by atoms with Gasteiger partial charge >= 0.3 is 21.1 Å². The second-order valence-electron chi connectivity index (χ2n) is 11.2. The van der Waals surface area contributed by atoms with Crippen LogP contribution in [0.3, 0.4) is 0 Å². The fourth-order valence-corrected chi connectivity index (χ4v) is 5.24. The number of hydrogen-bond donors (Lipinski definition) is 0. The first-order chi connectivity index (χ1) is 18.8. The predicted molar refractivity (Wildman–Crippen MR) is 161 cm³/mol. The van der Waals surface area contributed by atoms with Crippen LogP contribution >= 0.6 is 0 Å². The Morgan fingerprint density at radius 1 is 0.700 bits per heavy atom. The SMILES string of the molecule is Cc1cccc(C)c1-n1ccnc1-c1[c-]c2c(-c3[c-]c(-c4cc(C(C)(C)C)ccn4)ccc3)cccc2cc1.[Pt+2]. The van der Waals surface area contributed by atoms with E-state index in [0.29, 0.717) is 0 Å². The van der Waals surface area contributed by atoms with Crippen molar-refractivity contribution in [1.29, 1.82) is 0 Å². The van der Waals surface area contributed by atoms with Gasteiger partial charge in [0.15, 0.2) is 0 Å². The van der Waals surface area contributed by atoms with Gasteiger partial charge in [0.25, 0.3) is 0 Å². The Hall–Kier alpha value is -3.81. The fourth-order valence-electron chi connectivity index (χ4n) is 5.24. The number of rotatable bonds is 4. The number of para-hydroxylation sites is 1. The minimum Gasteiger partial charge on any atom is -0.331 e. The van der Waals surface area contributed by atoms with Crippen LogP contribution in [0.4, 0.5) is 0 Å². The van der Waals surface area contributed by atoms with Gasteiger partial charge in [-0.15, -0.1) is 53.4 Å². The summed E-state index contributed by atoms with van der Waals surface area (Å²) in [7, 11) is 0. The van der Waals surface area contributed by atoms with Crippen LogP contribution in [0.15, 0.2) is 97.5 Å². The first-order valence-electron chi connectivity index (χ1n) is 13.3. The zero-order valence-corrected chi connectivity index (χ0v) is 25.7. The van der Waals surface area contributed by atoms with Gasteiger partial charge in [0.05, 0.1) is 5.82 Å². The summed E-state index contributed by atoms with van der Waals surface area (Å²) in [6.07, 6.45) is 5.79. The molecule has 0 N–H and O–H groups in total. The molecule has 2 aromatic heterocycles. The third-order valence-corrected chi connectivity index (χ3v) is 7.34. The average Bonchev–Trinajstić information content (AvgIpc) is 3.41. The van der Waals surface area contributed by atoms with Crippen LogP contribution in [0.1, 0.15) is 37.5 Å². The summed E-state index contributed by atoms with van der Waals surface area (Å²) in [6, 6.07) is 35.0.